The molecule has 0 aromatic rings. The summed E-state index contributed by atoms with van der Waals surface area (Å²) in [6.45, 7) is 0.0286. The Labute approximate surface area is 97.8 Å². The molecule has 2 aliphatic heterocycles. The van der Waals surface area contributed by atoms with Crippen molar-refractivity contribution in [1.29, 1.82) is 0 Å². The van der Waals surface area contributed by atoms with Crippen LogP contribution < -0.4 is 10.4 Å². The minimum absolute atomic E-state index is 0.0286. The zero-order chi connectivity index (χ0) is 12.7. The summed E-state index contributed by atoms with van der Waals surface area (Å²) < 4.78 is 0. The molecule has 17 heavy (non-hydrogen) atoms. The van der Waals surface area contributed by atoms with Crippen LogP contribution in [0.4, 0.5) is 9.59 Å². The quantitative estimate of drug-likeness (QED) is 0.606. The van der Waals surface area contributed by atoms with Crippen LogP contribution in [0.25, 0.3) is 0 Å². The van der Waals surface area contributed by atoms with Gasteiger partial charge in [-0.1, -0.05) is 0 Å². The molecular weight excluding hydrogens is 228 g/mol. The van der Waals surface area contributed by atoms with Crippen molar-refractivity contribution in [3.8, 4) is 0 Å². The monoisotopic (exact) mass is 241 g/mol. The van der Waals surface area contributed by atoms with Gasteiger partial charge in [-0.25, -0.2) is 9.59 Å². The van der Waals surface area contributed by atoms with Crippen LogP contribution in [0.1, 0.15) is 6.42 Å². The van der Waals surface area contributed by atoms with Gasteiger partial charge in [0.1, 0.15) is 12.3 Å². The van der Waals surface area contributed by atoms with Gasteiger partial charge in [0.05, 0.1) is 0 Å². The predicted molar refractivity (Wildman–Crippen MR) is 53.4 cm³/mol. The van der Waals surface area contributed by atoms with Gasteiger partial charge >= 0.3 is 12.1 Å². The summed E-state index contributed by atoms with van der Waals surface area (Å²) >= 11 is 0. The number of hydrogen-bond acceptors (Lipinski definition) is 4. The maximum Gasteiger partial charge on any atom is 0.323 e. The van der Waals surface area contributed by atoms with Crippen molar-refractivity contribution in [2.24, 2.45) is 0 Å². The Morgan fingerprint density at radius 3 is 2.59 bits per heavy atom. The molecule has 94 valence electrons. The number of carbonyl (C=O) groups is 3. The second-order valence-electron chi connectivity index (χ2n) is 4.13. The van der Waals surface area contributed by atoms with Gasteiger partial charge in [-0.05, 0) is 0 Å². The number of carboxylic acid groups (broad SMARTS) is 1. The van der Waals surface area contributed by atoms with Gasteiger partial charge < -0.3 is 25.0 Å². The van der Waals surface area contributed by atoms with Gasteiger partial charge in [-0.3, -0.25) is 4.90 Å². The zero-order valence-electron chi connectivity index (χ0n) is 9.54. The summed E-state index contributed by atoms with van der Waals surface area (Å²) in [4.78, 5) is 37.9. The molecule has 0 saturated carbocycles. The number of rotatable bonds is 3. The van der Waals surface area contributed by atoms with E-state index in [1.165, 1.54) is 14.7 Å². The average Bonchev–Trinajstić information content (AvgIpc) is 2.68. The summed E-state index contributed by atoms with van der Waals surface area (Å²) in [5.41, 5.74) is 0. The molecule has 4 amide bonds. The van der Waals surface area contributed by atoms with E-state index in [0.29, 0.717) is 0 Å². The number of amides is 4. The number of urea groups is 2. The van der Waals surface area contributed by atoms with E-state index in [1.54, 1.807) is 14.1 Å². The van der Waals surface area contributed by atoms with E-state index < -0.39 is 18.3 Å². The van der Waals surface area contributed by atoms with Crippen molar-refractivity contribution in [3.63, 3.8) is 0 Å². The molecule has 0 bridgehead atoms. The number of carbonyl (C=O) groups excluding carboxylic acids is 3. The molecule has 2 aliphatic rings. The van der Waals surface area contributed by atoms with E-state index in [2.05, 4.69) is 5.32 Å². The molecule has 2 fully saturated rings. The molecule has 8 heteroatoms. The van der Waals surface area contributed by atoms with E-state index in [1.807, 2.05) is 0 Å². The fourth-order valence-corrected chi connectivity index (χ4v) is 2.22. The third kappa shape index (κ3) is 1.65. The van der Waals surface area contributed by atoms with Crippen LogP contribution >= 0.6 is 0 Å². The SMILES string of the molecule is CN1C(=O)N(C)[C@@H]2[C@H]1NC(=O)N2CCC(=O)[O-]. The third-order valence-electron chi connectivity index (χ3n) is 3.11. The summed E-state index contributed by atoms with van der Waals surface area (Å²) in [5.74, 6) is -1.22. The zero-order valence-corrected chi connectivity index (χ0v) is 9.54. The Morgan fingerprint density at radius 1 is 1.35 bits per heavy atom. The van der Waals surface area contributed by atoms with Crippen LogP contribution in [0, 0.1) is 0 Å². The fraction of sp³-hybridized carbons (Fsp3) is 0.667. The topological polar surface area (TPSA) is 96.0 Å². The van der Waals surface area contributed by atoms with E-state index in [4.69, 9.17) is 0 Å². The predicted octanol–water partition coefficient (Wildman–Crippen LogP) is -2.20. The molecule has 2 atom stereocenters. The maximum atomic E-state index is 11.7. The molecule has 0 aromatic carbocycles. The lowest BCUT2D eigenvalue weighted by Gasteiger charge is -2.26. The van der Waals surface area contributed by atoms with Crippen LogP contribution in [-0.2, 0) is 4.79 Å². The minimum Gasteiger partial charge on any atom is -0.550 e. The first kappa shape index (κ1) is 11.5. The Bertz CT molecular complexity index is 385. The largest absolute Gasteiger partial charge is 0.550 e. The second kappa shape index (κ2) is 3.79. The van der Waals surface area contributed by atoms with E-state index in [-0.39, 0.29) is 25.0 Å². The van der Waals surface area contributed by atoms with Crippen molar-refractivity contribution in [3.05, 3.63) is 0 Å². The smallest absolute Gasteiger partial charge is 0.323 e. The van der Waals surface area contributed by atoms with E-state index >= 15 is 0 Å². The first-order valence-corrected chi connectivity index (χ1v) is 5.20. The van der Waals surface area contributed by atoms with Gasteiger partial charge in [-0.15, -0.1) is 0 Å². The molecule has 0 spiro atoms. The number of hydrogen-bond donors (Lipinski definition) is 1. The third-order valence-corrected chi connectivity index (χ3v) is 3.11. The molecule has 2 rings (SSSR count). The van der Waals surface area contributed by atoms with Gasteiger partial charge in [0.2, 0.25) is 0 Å². The number of likely N-dealkylation sites (N-methyl/N-ethyl adjacent to an activating group) is 2. The summed E-state index contributed by atoms with van der Waals surface area (Å²) in [7, 11) is 3.17. The Hall–Kier alpha value is -1.99. The number of nitrogens with one attached hydrogen (secondary N) is 1. The van der Waals surface area contributed by atoms with Gasteiger partial charge in [0, 0.05) is 33.0 Å². The van der Waals surface area contributed by atoms with Crippen LogP contribution in [0.5, 0.6) is 0 Å². The number of fused-ring (bicyclic) bond motifs is 1. The van der Waals surface area contributed by atoms with E-state index in [9.17, 15) is 19.5 Å². The Balaban J connectivity index is 2.15. The highest BCUT2D eigenvalue weighted by molar-refractivity contribution is 5.85. The van der Waals surface area contributed by atoms with Gasteiger partial charge in [0.25, 0.3) is 0 Å². The normalized spacial score (nSPS) is 27.5. The lowest BCUT2D eigenvalue weighted by molar-refractivity contribution is -0.305. The molecule has 0 aromatic heterocycles. The molecule has 2 heterocycles. The van der Waals surface area contributed by atoms with Gasteiger partial charge in [-0.2, -0.15) is 0 Å². The van der Waals surface area contributed by atoms with Crippen molar-refractivity contribution in [1.82, 2.24) is 20.0 Å². The standard InChI is InChI=1S/C9H14N4O4/c1-11-6-7(12(2)9(11)17)13(8(16)10-6)4-3-5(14)15/h6-7H,3-4H2,1-2H3,(H,10,16)(H,14,15)/p-1/t6-,7-/m0/s1. The first-order chi connectivity index (χ1) is 7.93. The molecule has 8 nitrogen and oxygen atoms in total. The average molecular weight is 241 g/mol. The summed E-state index contributed by atoms with van der Waals surface area (Å²) in [6.07, 6.45) is -1.14. The summed E-state index contributed by atoms with van der Waals surface area (Å²) in [5, 5.41) is 13.0. The molecule has 1 N–H and O–H groups in total. The van der Waals surface area contributed by atoms with Crippen molar-refractivity contribution in [2.45, 2.75) is 18.8 Å². The molecular formula is C9H13N4O4-. The molecule has 2 saturated heterocycles. The highest BCUT2D eigenvalue weighted by atomic mass is 16.4. The van der Waals surface area contributed by atoms with Gasteiger partial charge in [0.15, 0.2) is 0 Å². The lowest BCUT2D eigenvalue weighted by Crippen LogP contribution is -2.45. The molecule has 0 aliphatic carbocycles. The molecule has 0 unspecified atom stereocenters. The van der Waals surface area contributed by atoms with Crippen molar-refractivity contribution < 1.29 is 19.5 Å². The number of aliphatic carboxylic acids is 1. The summed E-state index contributed by atoms with van der Waals surface area (Å²) in [6, 6.07) is -0.578. The first-order valence-electron chi connectivity index (χ1n) is 5.20. The Morgan fingerprint density at radius 2 is 2.00 bits per heavy atom. The van der Waals surface area contributed by atoms with Crippen LogP contribution in [-0.4, -0.2) is 65.7 Å². The maximum absolute atomic E-state index is 11.7. The lowest BCUT2D eigenvalue weighted by atomic mass is 10.3. The van der Waals surface area contributed by atoms with Crippen molar-refractivity contribution in [2.75, 3.05) is 20.6 Å². The second-order valence-corrected chi connectivity index (χ2v) is 4.13. The van der Waals surface area contributed by atoms with Crippen molar-refractivity contribution >= 4 is 18.0 Å². The Kier molecular flexibility index (Phi) is 2.56. The van der Waals surface area contributed by atoms with Crippen LogP contribution in [0.15, 0.2) is 0 Å². The fourth-order valence-electron chi connectivity index (χ4n) is 2.22. The number of nitrogens with zero attached hydrogens (tertiary/aromatic N) is 3. The highest BCUT2D eigenvalue weighted by Gasteiger charge is 2.52. The van der Waals surface area contributed by atoms with E-state index in [0.717, 1.165) is 0 Å². The van der Waals surface area contributed by atoms with Crippen LogP contribution in [0.2, 0.25) is 0 Å². The highest BCUT2D eigenvalue weighted by Crippen LogP contribution is 2.26. The molecule has 0 radical (unpaired) electrons. The van der Waals surface area contributed by atoms with Crippen LogP contribution in [0.3, 0.4) is 0 Å². The minimum atomic E-state index is -1.22. The number of carboxylic acids is 1.